The third-order valence-corrected chi connectivity index (χ3v) is 2.91. The molecule has 0 amide bonds. The number of aromatic nitrogens is 3. The molecule has 0 spiro atoms. The Morgan fingerprint density at radius 3 is 2.45 bits per heavy atom. The first kappa shape index (κ1) is 14.5. The molecular formula is C11H12F3N5S. The molecule has 2 N–H and O–H groups in total. The summed E-state index contributed by atoms with van der Waals surface area (Å²) >= 11 is 1.42. The van der Waals surface area contributed by atoms with Crippen LogP contribution in [-0.2, 0) is 12.7 Å². The molecule has 0 atom stereocenters. The molecule has 0 fully saturated rings. The van der Waals surface area contributed by atoms with E-state index in [0.717, 1.165) is 5.69 Å². The number of hydrogen-bond donors (Lipinski definition) is 2. The van der Waals surface area contributed by atoms with Gasteiger partial charge in [-0.3, -0.25) is 0 Å². The highest BCUT2D eigenvalue weighted by molar-refractivity contribution is 7.07. The number of rotatable bonds is 5. The summed E-state index contributed by atoms with van der Waals surface area (Å²) < 4.78 is 38.1. The van der Waals surface area contributed by atoms with E-state index in [2.05, 4.69) is 25.6 Å². The van der Waals surface area contributed by atoms with Crippen molar-refractivity contribution in [1.82, 2.24) is 15.0 Å². The average molecular weight is 303 g/mol. The van der Waals surface area contributed by atoms with Crippen molar-refractivity contribution >= 4 is 23.0 Å². The summed E-state index contributed by atoms with van der Waals surface area (Å²) in [5.74, 6) is -0.927. The van der Waals surface area contributed by atoms with Gasteiger partial charge in [0.1, 0.15) is 11.6 Å². The highest BCUT2D eigenvalue weighted by Crippen LogP contribution is 2.28. The van der Waals surface area contributed by atoms with Crippen molar-refractivity contribution in [3.05, 3.63) is 28.5 Å². The standard InChI is InChI=1S/C11H12F3N5S/c1-2-15-8-3-9(16-4-7-5-20-6-17-7)19-10(18-8)11(12,13)14/h3,5-6H,2,4H2,1H3,(H2,15,16,18,19). The predicted molar refractivity (Wildman–Crippen MR) is 70.6 cm³/mol. The van der Waals surface area contributed by atoms with E-state index in [1.54, 1.807) is 12.4 Å². The minimum absolute atomic E-state index is 0.108. The Morgan fingerprint density at radius 1 is 1.20 bits per heavy atom. The molecule has 0 aliphatic heterocycles. The lowest BCUT2D eigenvalue weighted by Gasteiger charge is -2.11. The molecule has 5 nitrogen and oxygen atoms in total. The maximum atomic E-state index is 12.7. The van der Waals surface area contributed by atoms with Gasteiger partial charge >= 0.3 is 6.18 Å². The minimum atomic E-state index is -4.58. The van der Waals surface area contributed by atoms with Gasteiger partial charge in [0.2, 0.25) is 5.82 Å². The monoisotopic (exact) mass is 303 g/mol. The normalized spacial score (nSPS) is 11.4. The molecule has 0 bridgehead atoms. The van der Waals surface area contributed by atoms with Crippen LogP contribution in [0.5, 0.6) is 0 Å². The van der Waals surface area contributed by atoms with E-state index in [0.29, 0.717) is 13.1 Å². The molecule has 0 radical (unpaired) electrons. The number of nitrogens with one attached hydrogen (secondary N) is 2. The summed E-state index contributed by atoms with van der Waals surface area (Å²) in [5.41, 5.74) is 2.40. The summed E-state index contributed by atoms with van der Waals surface area (Å²) in [6.07, 6.45) is -4.58. The van der Waals surface area contributed by atoms with Crippen molar-refractivity contribution in [2.45, 2.75) is 19.6 Å². The molecule has 0 aromatic carbocycles. The largest absolute Gasteiger partial charge is 0.451 e. The lowest BCUT2D eigenvalue weighted by molar-refractivity contribution is -0.144. The molecule has 2 heterocycles. The van der Waals surface area contributed by atoms with Crippen molar-refractivity contribution in [3.63, 3.8) is 0 Å². The van der Waals surface area contributed by atoms with Gasteiger partial charge in [-0.1, -0.05) is 0 Å². The SMILES string of the molecule is CCNc1cc(NCc2cscn2)nc(C(F)(F)F)n1. The van der Waals surface area contributed by atoms with E-state index in [1.807, 2.05) is 5.38 Å². The van der Waals surface area contributed by atoms with Crippen molar-refractivity contribution in [1.29, 1.82) is 0 Å². The summed E-state index contributed by atoms with van der Waals surface area (Å²) in [4.78, 5) is 10.9. The molecule has 0 unspecified atom stereocenters. The van der Waals surface area contributed by atoms with Gasteiger partial charge in [0, 0.05) is 18.0 Å². The van der Waals surface area contributed by atoms with Crippen LogP contribution in [-0.4, -0.2) is 21.5 Å². The number of nitrogens with zero attached hydrogens (tertiary/aromatic N) is 3. The van der Waals surface area contributed by atoms with Gasteiger partial charge in [-0.05, 0) is 6.92 Å². The zero-order chi connectivity index (χ0) is 14.6. The molecule has 0 aliphatic carbocycles. The maximum Gasteiger partial charge on any atom is 0.451 e. The Hall–Kier alpha value is -1.90. The maximum absolute atomic E-state index is 12.7. The van der Waals surface area contributed by atoms with Crippen molar-refractivity contribution in [3.8, 4) is 0 Å². The molecule has 0 saturated heterocycles. The van der Waals surface area contributed by atoms with Crippen molar-refractivity contribution in [2.24, 2.45) is 0 Å². The fraction of sp³-hybridized carbons (Fsp3) is 0.364. The molecule has 2 rings (SSSR count). The minimum Gasteiger partial charge on any atom is -0.370 e. The lowest BCUT2D eigenvalue weighted by Crippen LogP contribution is -2.15. The Balaban J connectivity index is 2.20. The number of alkyl halides is 3. The molecule has 108 valence electrons. The Kier molecular flexibility index (Phi) is 4.38. The number of anilines is 2. The Morgan fingerprint density at radius 2 is 1.90 bits per heavy atom. The third-order valence-electron chi connectivity index (χ3n) is 2.27. The van der Waals surface area contributed by atoms with Gasteiger partial charge in [0.15, 0.2) is 0 Å². The van der Waals surface area contributed by atoms with Gasteiger partial charge in [0.25, 0.3) is 0 Å². The second-order valence-electron chi connectivity index (χ2n) is 3.82. The van der Waals surface area contributed by atoms with E-state index in [9.17, 15) is 13.2 Å². The Labute approximate surface area is 117 Å². The first-order chi connectivity index (χ1) is 9.49. The van der Waals surface area contributed by atoms with Gasteiger partial charge in [0.05, 0.1) is 17.7 Å². The molecule has 20 heavy (non-hydrogen) atoms. The number of hydrogen-bond acceptors (Lipinski definition) is 6. The van der Waals surface area contributed by atoms with Crippen LogP contribution in [0.3, 0.4) is 0 Å². The summed E-state index contributed by atoms with van der Waals surface area (Å²) in [6.45, 7) is 2.56. The highest BCUT2D eigenvalue weighted by atomic mass is 32.1. The lowest BCUT2D eigenvalue weighted by atomic mass is 10.4. The van der Waals surface area contributed by atoms with Crippen LogP contribution in [0.15, 0.2) is 17.0 Å². The molecule has 0 saturated carbocycles. The van der Waals surface area contributed by atoms with Gasteiger partial charge < -0.3 is 10.6 Å². The zero-order valence-electron chi connectivity index (χ0n) is 10.5. The van der Waals surface area contributed by atoms with Crippen LogP contribution in [0.4, 0.5) is 24.8 Å². The molecule has 2 aromatic heterocycles. The van der Waals surface area contributed by atoms with Crippen LogP contribution in [0.25, 0.3) is 0 Å². The quantitative estimate of drug-likeness (QED) is 0.889. The third kappa shape index (κ3) is 3.80. The van der Waals surface area contributed by atoms with E-state index in [4.69, 9.17) is 0 Å². The molecule has 2 aromatic rings. The predicted octanol–water partition coefficient (Wildman–Crippen LogP) is 3.00. The fourth-order valence-corrected chi connectivity index (χ4v) is 2.00. The summed E-state index contributed by atoms with van der Waals surface area (Å²) in [5, 5.41) is 7.37. The van der Waals surface area contributed by atoms with E-state index >= 15 is 0 Å². The molecule has 0 aliphatic rings. The van der Waals surface area contributed by atoms with Crippen LogP contribution >= 0.6 is 11.3 Å². The summed E-state index contributed by atoms with van der Waals surface area (Å²) in [6, 6.07) is 1.44. The Bertz CT molecular complexity index is 556. The molecular weight excluding hydrogens is 291 g/mol. The summed E-state index contributed by atoms with van der Waals surface area (Å²) in [7, 11) is 0. The van der Waals surface area contributed by atoms with Crippen LogP contribution in [0.1, 0.15) is 18.4 Å². The van der Waals surface area contributed by atoms with Gasteiger partial charge in [-0.25, -0.2) is 15.0 Å². The van der Waals surface area contributed by atoms with Gasteiger partial charge in [-0.2, -0.15) is 13.2 Å². The number of thiazole rings is 1. The van der Waals surface area contributed by atoms with E-state index in [-0.39, 0.29) is 11.6 Å². The van der Waals surface area contributed by atoms with Crippen LogP contribution in [0.2, 0.25) is 0 Å². The number of halogens is 3. The van der Waals surface area contributed by atoms with Crippen molar-refractivity contribution in [2.75, 3.05) is 17.2 Å². The van der Waals surface area contributed by atoms with Crippen molar-refractivity contribution < 1.29 is 13.2 Å². The fourth-order valence-electron chi connectivity index (χ4n) is 1.44. The van der Waals surface area contributed by atoms with Crippen LogP contribution in [0, 0.1) is 0 Å². The second-order valence-corrected chi connectivity index (χ2v) is 4.54. The average Bonchev–Trinajstić information content (AvgIpc) is 2.88. The van der Waals surface area contributed by atoms with E-state index in [1.165, 1.54) is 17.4 Å². The van der Waals surface area contributed by atoms with Crippen LogP contribution < -0.4 is 10.6 Å². The van der Waals surface area contributed by atoms with Gasteiger partial charge in [-0.15, -0.1) is 11.3 Å². The highest BCUT2D eigenvalue weighted by Gasteiger charge is 2.35. The second kappa shape index (κ2) is 6.04. The smallest absolute Gasteiger partial charge is 0.370 e. The zero-order valence-corrected chi connectivity index (χ0v) is 11.3. The first-order valence-corrected chi connectivity index (χ1v) is 6.74. The van der Waals surface area contributed by atoms with E-state index < -0.39 is 12.0 Å². The first-order valence-electron chi connectivity index (χ1n) is 5.80. The topological polar surface area (TPSA) is 62.7 Å². The molecule has 9 heteroatoms.